The van der Waals surface area contributed by atoms with E-state index in [4.69, 9.17) is 9.47 Å². The van der Waals surface area contributed by atoms with Crippen molar-refractivity contribution in [1.82, 2.24) is 0 Å². The Morgan fingerprint density at radius 2 is 0.706 bits per heavy atom. The molecule has 3 aromatic rings. The Hall–Kier alpha value is -3.40. The lowest BCUT2D eigenvalue weighted by Gasteiger charge is -2.05. The predicted molar refractivity (Wildman–Crippen MR) is 145 cm³/mol. The smallest absolute Gasteiger partial charge is 0.159 e. The third-order valence-electron chi connectivity index (χ3n) is 4.21. The first-order valence-electron chi connectivity index (χ1n) is 11.8. The van der Waals surface area contributed by atoms with Crippen LogP contribution in [0.25, 0.3) is 11.1 Å². The normalized spacial score (nSPS) is 8.53. The number of ether oxygens (including phenoxy) is 2. The first-order chi connectivity index (χ1) is 16.4. The number of hydrogen-bond acceptors (Lipinski definition) is 4. The number of benzene rings is 3. The molecule has 0 atom stereocenters. The maximum absolute atomic E-state index is 10.8. The third-order valence-corrected chi connectivity index (χ3v) is 4.21. The summed E-state index contributed by atoms with van der Waals surface area (Å²) in [5.74, 6) is 1.78. The molecule has 3 aromatic carbocycles. The van der Waals surface area contributed by atoms with Crippen molar-refractivity contribution in [2.75, 3.05) is 14.2 Å². The van der Waals surface area contributed by atoms with Gasteiger partial charge in [-0.05, 0) is 49.2 Å². The lowest BCUT2D eigenvalue weighted by atomic mass is 10.1. The van der Waals surface area contributed by atoms with Gasteiger partial charge in [0.25, 0.3) is 0 Å². The molecule has 0 aliphatic heterocycles. The SMILES string of the molecule is CC.CC.CC.CC(=O)c1ccc(C(C)=O)cc1.COc1ccc(-c2ccc(OC)cc2)cc1. The highest BCUT2D eigenvalue weighted by molar-refractivity contribution is 5.97. The van der Waals surface area contributed by atoms with Crippen molar-refractivity contribution in [3.63, 3.8) is 0 Å². The number of Topliss-reactive ketones (excluding diaryl/α,β-unsaturated/α-hetero) is 2. The highest BCUT2D eigenvalue weighted by Crippen LogP contribution is 2.24. The summed E-state index contributed by atoms with van der Waals surface area (Å²) in [4.78, 5) is 21.7. The second-order valence-corrected chi connectivity index (χ2v) is 6.15. The summed E-state index contributed by atoms with van der Waals surface area (Å²) in [5.41, 5.74) is 3.62. The zero-order chi connectivity index (χ0) is 26.5. The van der Waals surface area contributed by atoms with Crippen LogP contribution in [0.1, 0.15) is 76.1 Å². The zero-order valence-corrected chi connectivity index (χ0v) is 22.6. The number of rotatable bonds is 5. The minimum atomic E-state index is 0.0186. The quantitative estimate of drug-likeness (QED) is 0.353. The molecule has 0 bridgehead atoms. The van der Waals surface area contributed by atoms with Gasteiger partial charge in [-0.15, -0.1) is 0 Å². The van der Waals surface area contributed by atoms with Gasteiger partial charge < -0.3 is 9.47 Å². The lowest BCUT2D eigenvalue weighted by Crippen LogP contribution is -1.95. The largest absolute Gasteiger partial charge is 0.497 e. The average molecular weight is 467 g/mol. The highest BCUT2D eigenvalue weighted by atomic mass is 16.5. The van der Waals surface area contributed by atoms with Crippen LogP contribution in [0.15, 0.2) is 72.8 Å². The molecule has 186 valence electrons. The summed E-state index contributed by atoms with van der Waals surface area (Å²) in [5, 5.41) is 0. The molecule has 4 nitrogen and oxygen atoms in total. The van der Waals surface area contributed by atoms with E-state index in [0.29, 0.717) is 11.1 Å². The van der Waals surface area contributed by atoms with Gasteiger partial charge in [-0.25, -0.2) is 0 Å². The topological polar surface area (TPSA) is 52.6 Å². The number of carbonyl (C=O) groups excluding carboxylic acids is 2. The van der Waals surface area contributed by atoms with Gasteiger partial charge in [0.15, 0.2) is 11.6 Å². The maximum atomic E-state index is 10.8. The molecule has 0 aromatic heterocycles. The van der Waals surface area contributed by atoms with E-state index in [1.807, 2.05) is 90.1 Å². The van der Waals surface area contributed by atoms with Gasteiger partial charge >= 0.3 is 0 Å². The van der Waals surface area contributed by atoms with Gasteiger partial charge in [-0.2, -0.15) is 0 Å². The average Bonchev–Trinajstić information content (AvgIpc) is 2.92. The van der Waals surface area contributed by atoms with E-state index in [1.54, 1.807) is 38.5 Å². The van der Waals surface area contributed by atoms with Crippen LogP contribution < -0.4 is 9.47 Å². The third kappa shape index (κ3) is 12.0. The summed E-state index contributed by atoms with van der Waals surface area (Å²) in [7, 11) is 3.34. The molecule has 0 N–H and O–H groups in total. The highest BCUT2D eigenvalue weighted by Gasteiger charge is 2.01. The number of carbonyl (C=O) groups is 2. The second kappa shape index (κ2) is 20.2. The standard InChI is InChI=1S/C14H14O2.C10H10O2.3C2H6/c1-15-13-7-3-11(4-8-13)12-5-9-14(16-2)10-6-12;1-7(11)9-3-5-10(6-4-9)8(2)12;3*1-2/h3-10H,1-2H3;3-6H,1-2H3;3*1-2H3. The van der Waals surface area contributed by atoms with Gasteiger partial charge in [-0.3, -0.25) is 9.59 Å². The second-order valence-electron chi connectivity index (χ2n) is 6.15. The molecule has 0 fully saturated rings. The van der Waals surface area contributed by atoms with E-state index in [1.165, 1.54) is 25.0 Å². The molecule has 0 aliphatic rings. The van der Waals surface area contributed by atoms with Gasteiger partial charge in [-0.1, -0.05) is 90.1 Å². The molecule has 34 heavy (non-hydrogen) atoms. The fraction of sp³-hybridized carbons (Fsp3) is 0.333. The number of ketones is 2. The van der Waals surface area contributed by atoms with Crippen molar-refractivity contribution in [1.29, 1.82) is 0 Å². The van der Waals surface area contributed by atoms with E-state index < -0.39 is 0 Å². The van der Waals surface area contributed by atoms with Crippen molar-refractivity contribution in [3.8, 4) is 22.6 Å². The van der Waals surface area contributed by atoms with Crippen LogP contribution in [0.3, 0.4) is 0 Å². The van der Waals surface area contributed by atoms with E-state index in [2.05, 4.69) is 0 Å². The van der Waals surface area contributed by atoms with Crippen LogP contribution >= 0.6 is 0 Å². The van der Waals surface area contributed by atoms with E-state index >= 15 is 0 Å². The fourth-order valence-corrected chi connectivity index (χ4v) is 2.51. The van der Waals surface area contributed by atoms with Gasteiger partial charge in [0.05, 0.1) is 14.2 Å². The molecular weight excluding hydrogens is 424 g/mol. The molecule has 3 rings (SSSR count). The molecule has 0 saturated heterocycles. The lowest BCUT2D eigenvalue weighted by molar-refractivity contribution is 0.100. The Kier molecular flexibility index (Phi) is 19.5. The number of hydrogen-bond donors (Lipinski definition) is 0. The molecule has 0 amide bonds. The van der Waals surface area contributed by atoms with E-state index in [-0.39, 0.29) is 11.6 Å². The van der Waals surface area contributed by atoms with Crippen molar-refractivity contribution in [2.45, 2.75) is 55.4 Å². The van der Waals surface area contributed by atoms with Crippen LogP contribution in [-0.4, -0.2) is 25.8 Å². The predicted octanol–water partition coefficient (Wildman–Crippen LogP) is 8.54. The van der Waals surface area contributed by atoms with E-state index in [0.717, 1.165) is 11.5 Å². The summed E-state index contributed by atoms with van der Waals surface area (Å²) < 4.78 is 10.2. The zero-order valence-electron chi connectivity index (χ0n) is 22.6. The van der Waals surface area contributed by atoms with Crippen molar-refractivity contribution >= 4 is 11.6 Å². The summed E-state index contributed by atoms with van der Waals surface area (Å²) >= 11 is 0. The van der Waals surface area contributed by atoms with Gasteiger partial charge in [0.2, 0.25) is 0 Å². The molecule has 0 radical (unpaired) electrons. The van der Waals surface area contributed by atoms with Crippen LogP contribution in [0, 0.1) is 0 Å². The Balaban J connectivity index is 0. The summed E-state index contributed by atoms with van der Waals surface area (Å²) in [6.45, 7) is 15.0. The Labute approximate surface area is 206 Å². The molecule has 0 unspecified atom stereocenters. The van der Waals surface area contributed by atoms with Crippen LogP contribution in [-0.2, 0) is 0 Å². The monoisotopic (exact) mass is 466 g/mol. The first kappa shape index (κ1) is 32.8. The van der Waals surface area contributed by atoms with Crippen molar-refractivity contribution < 1.29 is 19.1 Å². The van der Waals surface area contributed by atoms with Crippen LogP contribution in [0.5, 0.6) is 11.5 Å². The molecule has 0 heterocycles. The molecule has 4 heteroatoms. The molecular formula is C30H42O4. The maximum Gasteiger partial charge on any atom is 0.159 e. The Bertz CT molecular complexity index is 831. The van der Waals surface area contributed by atoms with Crippen molar-refractivity contribution in [3.05, 3.63) is 83.9 Å². The Morgan fingerprint density at radius 3 is 0.882 bits per heavy atom. The fourth-order valence-electron chi connectivity index (χ4n) is 2.51. The van der Waals surface area contributed by atoms with Gasteiger partial charge in [0, 0.05) is 11.1 Å². The van der Waals surface area contributed by atoms with E-state index in [9.17, 15) is 9.59 Å². The Morgan fingerprint density at radius 1 is 0.471 bits per heavy atom. The number of methoxy groups -OCH3 is 2. The van der Waals surface area contributed by atoms with Gasteiger partial charge in [0.1, 0.15) is 11.5 Å². The first-order valence-corrected chi connectivity index (χ1v) is 11.8. The molecule has 0 saturated carbocycles. The van der Waals surface area contributed by atoms with Crippen LogP contribution in [0.4, 0.5) is 0 Å². The minimum Gasteiger partial charge on any atom is -0.497 e. The van der Waals surface area contributed by atoms with Crippen LogP contribution in [0.2, 0.25) is 0 Å². The summed E-state index contributed by atoms with van der Waals surface area (Å²) in [6, 6.07) is 22.7. The minimum absolute atomic E-state index is 0.0186. The van der Waals surface area contributed by atoms with Crippen molar-refractivity contribution in [2.24, 2.45) is 0 Å². The molecule has 0 spiro atoms. The summed E-state index contributed by atoms with van der Waals surface area (Å²) in [6.07, 6.45) is 0. The molecule has 0 aliphatic carbocycles.